The number of likely N-dealkylation sites (tertiary alicyclic amines) is 2. The van der Waals surface area contributed by atoms with Crippen molar-refractivity contribution in [3.63, 3.8) is 0 Å². The molecule has 0 unspecified atom stereocenters. The van der Waals surface area contributed by atoms with Crippen molar-refractivity contribution in [2.45, 2.75) is 37.8 Å². The van der Waals surface area contributed by atoms with E-state index in [1.165, 1.54) is 51.0 Å². The van der Waals surface area contributed by atoms with Gasteiger partial charge in [0.15, 0.2) is 0 Å². The highest BCUT2D eigenvalue weighted by Gasteiger charge is 2.42. The van der Waals surface area contributed by atoms with E-state index in [1.807, 2.05) is 6.20 Å². The van der Waals surface area contributed by atoms with E-state index in [1.54, 1.807) is 13.4 Å². The van der Waals surface area contributed by atoms with Crippen LogP contribution in [0, 0.1) is 0 Å². The smallest absolute Gasteiger partial charge is 0.0922 e. The summed E-state index contributed by atoms with van der Waals surface area (Å²) in [6, 6.07) is 0. The number of rotatable bonds is 5. The molecule has 0 radical (unpaired) electrons. The molecule has 3 heterocycles. The largest absolute Gasteiger partial charge is 0.383 e. The Hall–Kier alpha value is -0.910. The Labute approximate surface area is 121 Å². The fourth-order valence-corrected chi connectivity index (χ4v) is 3.85. The quantitative estimate of drug-likeness (QED) is 0.886. The molecule has 0 aromatic carbocycles. The number of hydrogen-bond donors (Lipinski definition) is 1. The number of piperidine rings is 1. The van der Waals surface area contributed by atoms with Crippen molar-refractivity contribution < 1.29 is 4.74 Å². The summed E-state index contributed by atoms with van der Waals surface area (Å²) in [5.74, 6) is 0. The third-order valence-electron chi connectivity index (χ3n) is 5.04. The van der Waals surface area contributed by atoms with Gasteiger partial charge in [0.25, 0.3) is 0 Å². The molecule has 2 saturated heterocycles. The summed E-state index contributed by atoms with van der Waals surface area (Å²) in [7, 11) is 1.80. The molecule has 5 heteroatoms. The van der Waals surface area contributed by atoms with Crippen LogP contribution in [0.4, 0.5) is 0 Å². The number of aromatic nitrogens is 2. The van der Waals surface area contributed by atoms with Crippen molar-refractivity contribution in [3.05, 3.63) is 18.2 Å². The van der Waals surface area contributed by atoms with E-state index in [9.17, 15) is 0 Å². The van der Waals surface area contributed by atoms with Crippen molar-refractivity contribution in [2.75, 3.05) is 39.9 Å². The first-order valence-corrected chi connectivity index (χ1v) is 7.76. The standard InChI is InChI=1S/C15H26N4O/c1-20-10-9-19-6-2-3-15(19)4-7-18(8-5-15)12-14-11-16-13-17-14/h11,13H,2-10,12H2,1H3,(H,16,17). The summed E-state index contributed by atoms with van der Waals surface area (Å²) in [6.45, 7) is 6.61. The first-order valence-electron chi connectivity index (χ1n) is 7.76. The van der Waals surface area contributed by atoms with E-state index < -0.39 is 0 Å². The fourth-order valence-electron chi connectivity index (χ4n) is 3.85. The van der Waals surface area contributed by atoms with Crippen LogP contribution in [0.25, 0.3) is 0 Å². The zero-order valence-corrected chi connectivity index (χ0v) is 12.5. The van der Waals surface area contributed by atoms with Gasteiger partial charge < -0.3 is 9.72 Å². The highest BCUT2D eigenvalue weighted by molar-refractivity contribution is 5.01. The summed E-state index contributed by atoms with van der Waals surface area (Å²) in [4.78, 5) is 12.5. The van der Waals surface area contributed by atoms with Gasteiger partial charge in [-0.1, -0.05) is 0 Å². The minimum atomic E-state index is 0.461. The first kappa shape index (κ1) is 14.0. The van der Waals surface area contributed by atoms with Crippen LogP contribution in [0.3, 0.4) is 0 Å². The van der Waals surface area contributed by atoms with E-state index >= 15 is 0 Å². The average molecular weight is 278 g/mol. The van der Waals surface area contributed by atoms with Gasteiger partial charge in [-0.25, -0.2) is 4.98 Å². The summed E-state index contributed by atoms with van der Waals surface area (Å²) < 4.78 is 5.27. The Kier molecular flexibility index (Phi) is 4.38. The molecule has 2 fully saturated rings. The predicted octanol–water partition coefficient (Wildman–Crippen LogP) is 1.49. The molecule has 1 aromatic heterocycles. The van der Waals surface area contributed by atoms with Gasteiger partial charge in [-0.15, -0.1) is 0 Å². The van der Waals surface area contributed by atoms with Crippen molar-refractivity contribution >= 4 is 0 Å². The minimum absolute atomic E-state index is 0.461. The van der Waals surface area contributed by atoms with Crippen LogP contribution in [-0.2, 0) is 11.3 Å². The maximum Gasteiger partial charge on any atom is 0.0922 e. The maximum atomic E-state index is 5.27. The molecule has 0 saturated carbocycles. The topological polar surface area (TPSA) is 44.4 Å². The van der Waals surface area contributed by atoms with Gasteiger partial charge in [-0.05, 0) is 32.2 Å². The Morgan fingerprint density at radius 2 is 2.15 bits per heavy atom. The summed E-state index contributed by atoms with van der Waals surface area (Å²) in [5.41, 5.74) is 1.69. The number of imidazole rings is 1. The first-order chi connectivity index (χ1) is 9.82. The molecule has 0 aliphatic carbocycles. The molecule has 2 aliphatic rings. The monoisotopic (exact) mass is 278 g/mol. The van der Waals surface area contributed by atoms with Gasteiger partial charge in [-0.3, -0.25) is 9.80 Å². The van der Waals surface area contributed by atoms with Gasteiger partial charge in [0.2, 0.25) is 0 Å². The van der Waals surface area contributed by atoms with E-state index in [2.05, 4.69) is 19.8 Å². The van der Waals surface area contributed by atoms with Crippen molar-refractivity contribution in [1.82, 2.24) is 19.8 Å². The van der Waals surface area contributed by atoms with E-state index in [0.29, 0.717) is 5.54 Å². The Morgan fingerprint density at radius 3 is 2.85 bits per heavy atom. The molecular weight excluding hydrogens is 252 g/mol. The fraction of sp³-hybridized carbons (Fsp3) is 0.800. The van der Waals surface area contributed by atoms with Gasteiger partial charge in [0, 0.05) is 50.7 Å². The van der Waals surface area contributed by atoms with Crippen molar-refractivity contribution in [3.8, 4) is 0 Å². The lowest BCUT2D eigenvalue weighted by atomic mass is 9.85. The second kappa shape index (κ2) is 6.24. The highest BCUT2D eigenvalue weighted by Crippen LogP contribution is 2.38. The molecule has 0 bridgehead atoms. The number of hydrogen-bond acceptors (Lipinski definition) is 4. The highest BCUT2D eigenvalue weighted by atomic mass is 16.5. The third-order valence-corrected chi connectivity index (χ3v) is 5.04. The van der Waals surface area contributed by atoms with Crippen LogP contribution in [0.5, 0.6) is 0 Å². The van der Waals surface area contributed by atoms with Gasteiger partial charge >= 0.3 is 0 Å². The van der Waals surface area contributed by atoms with E-state index in [0.717, 1.165) is 19.7 Å². The minimum Gasteiger partial charge on any atom is -0.383 e. The lowest BCUT2D eigenvalue weighted by Gasteiger charge is -2.45. The van der Waals surface area contributed by atoms with Crippen LogP contribution in [0.15, 0.2) is 12.5 Å². The normalized spacial score (nSPS) is 23.6. The van der Waals surface area contributed by atoms with E-state index in [4.69, 9.17) is 4.74 Å². The molecule has 2 aliphatic heterocycles. The molecule has 5 nitrogen and oxygen atoms in total. The van der Waals surface area contributed by atoms with Crippen LogP contribution in [0.1, 0.15) is 31.4 Å². The van der Waals surface area contributed by atoms with Crippen LogP contribution >= 0.6 is 0 Å². The second-order valence-electron chi connectivity index (χ2n) is 6.16. The molecule has 20 heavy (non-hydrogen) atoms. The summed E-state index contributed by atoms with van der Waals surface area (Å²) in [5, 5.41) is 0. The lowest BCUT2D eigenvalue weighted by Crippen LogP contribution is -2.52. The average Bonchev–Trinajstić information content (AvgIpc) is 3.10. The van der Waals surface area contributed by atoms with Crippen molar-refractivity contribution in [1.29, 1.82) is 0 Å². The second-order valence-corrected chi connectivity index (χ2v) is 6.16. The zero-order chi connectivity index (χ0) is 13.8. The summed E-state index contributed by atoms with van der Waals surface area (Å²) >= 11 is 0. The Balaban J connectivity index is 1.54. The van der Waals surface area contributed by atoms with Crippen LogP contribution < -0.4 is 0 Å². The third kappa shape index (κ3) is 2.90. The molecule has 112 valence electrons. The van der Waals surface area contributed by atoms with Crippen LogP contribution in [-0.4, -0.2) is 65.2 Å². The molecule has 1 N–H and O–H groups in total. The predicted molar refractivity (Wildman–Crippen MR) is 78.5 cm³/mol. The molecular formula is C15H26N4O. The number of nitrogens with zero attached hydrogens (tertiary/aromatic N) is 3. The molecule has 1 aromatic rings. The lowest BCUT2D eigenvalue weighted by molar-refractivity contribution is 0.0329. The Bertz CT molecular complexity index is 398. The number of H-pyrrole nitrogens is 1. The van der Waals surface area contributed by atoms with Gasteiger partial charge in [0.05, 0.1) is 12.9 Å². The molecule has 0 amide bonds. The number of methoxy groups -OCH3 is 1. The maximum absolute atomic E-state index is 5.27. The Morgan fingerprint density at radius 1 is 1.30 bits per heavy atom. The number of aromatic amines is 1. The molecule has 0 atom stereocenters. The molecule has 1 spiro atoms. The van der Waals surface area contributed by atoms with Gasteiger partial charge in [-0.2, -0.15) is 0 Å². The van der Waals surface area contributed by atoms with Crippen LogP contribution in [0.2, 0.25) is 0 Å². The van der Waals surface area contributed by atoms with Gasteiger partial charge in [0.1, 0.15) is 0 Å². The number of nitrogens with one attached hydrogen (secondary N) is 1. The van der Waals surface area contributed by atoms with E-state index in [-0.39, 0.29) is 0 Å². The molecule has 3 rings (SSSR count). The SMILES string of the molecule is COCCN1CCCC12CCN(Cc1cnc[nH]1)CC2. The van der Waals surface area contributed by atoms with Crippen molar-refractivity contribution in [2.24, 2.45) is 0 Å². The zero-order valence-electron chi connectivity index (χ0n) is 12.5. The number of ether oxygens (including phenoxy) is 1. The summed E-state index contributed by atoms with van der Waals surface area (Å²) in [6.07, 6.45) is 9.02.